The van der Waals surface area contributed by atoms with Gasteiger partial charge in [-0.1, -0.05) is 36.4 Å². The van der Waals surface area contributed by atoms with Crippen LogP contribution >= 0.6 is 0 Å². The van der Waals surface area contributed by atoms with Crippen molar-refractivity contribution in [1.82, 2.24) is 4.57 Å². The third kappa shape index (κ3) is 3.40. The highest BCUT2D eigenvalue weighted by molar-refractivity contribution is 6.06. The molecule has 0 fully saturated rings. The Morgan fingerprint density at radius 1 is 1.00 bits per heavy atom. The fourth-order valence-electron chi connectivity index (χ4n) is 3.49. The van der Waals surface area contributed by atoms with Crippen LogP contribution < -0.4 is 10.5 Å². The molecule has 2 heterocycles. The topological polar surface area (TPSA) is 42.3 Å². The highest BCUT2D eigenvalue weighted by Crippen LogP contribution is 2.27. The zero-order valence-corrected chi connectivity index (χ0v) is 14.8. The lowest BCUT2D eigenvalue weighted by molar-refractivity contribution is 0.0984. The van der Waals surface area contributed by atoms with Crippen molar-refractivity contribution in [2.24, 2.45) is 0 Å². The van der Waals surface area contributed by atoms with Crippen LogP contribution in [0.5, 0.6) is 0 Å². The average Bonchev–Trinajstić information content (AvgIpc) is 2.70. The fourth-order valence-corrected chi connectivity index (χ4v) is 3.49. The summed E-state index contributed by atoms with van der Waals surface area (Å²) in [6.07, 6.45) is 3.37. The highest BCUT2D eigenvalue weighted by atomic mass is 19.1. The minimum Gasteiger partial charge on any atom is -0.310 e. The Hall–Kier alpha value is -3.21. The zero-order chi connectivity index (χ0) is 18.8. The van der Waals surface area contributed by atoms with Gasteiger partial charge in [0.05, 0.1) is 12.1 Å². The maximum absolute atomic E-state index is 13.9. The first-order valence-electron chi connectivity index (χ1n) is 8.97. The molecule has 5 heteroatoms. The molecule has 0 bridgehead atoms. The van der Waals surface area contributed by atoms with Crippen LogP contribution in [0.25, 0.3) is 0 Å². The second kappa shape index (κ2) is 7.19. The van der Waals surface area contributed by atoms with Gasteiger partial charge in [-0.3, -0.25) is 9.59 Å². The molecule has 0 N–H and O–H groups in total. The highest BCUT2D eigenvalue weighted by Gasteiger charge is 2.23. The summed E-state index contributed by atoms with van der Waals surface area (Å²) in [5.41, 5.74) is 2.63. The van der Waals surface area contributed by atoms with E-state index in [9.17, 15) is 14.0 Å². The van der Waals surface area contributed by atoms with E-state index in [-0.39, 0.29) is 23.8 Å². The van der Waals surface area contributed by atoms with E-state index in [0.29, 0.717) is 17.7 Å². The van der Waals surface area contributed by atoms with E-state index >= 15 is 0 Å². The van der Waals surface area contributed by atoms with Gasteiger partial charge in [0, 0.05) is 30.1 Å². The Morgan fingerprint density at radius 3 is 2.63 bits per heavy atom. The fraction of sp³-hybridized carbons (Fsp3) is 0.182. The van der Waals surface area contributed by atoms with Gasteiger partial charge in [-0.15, -0.1) is 0 Å². The van der Waals surface area contributed by atoms with Crippen molar-refractivity contribution in [1.29, 1.82) is 0 Å². The number of nitrogens with zero attached hydrogens (tertiary/aromatic N) is 2. The molecule has 0 unspecified atom stereocenters. The number of carbonyl (C=O) groups is 1. The van der Waals surface area contributed by atoms with E-state index in [1.54, 1.807) is 29.2 Å². The lowest BCUT2D eigenvalue weighted by Gasteiger charge is -2.29. The minimum atomic E-state index is -0.369. The number of para-hydroxylation sites is 1. The van der Waals surface area contributed by atoms with Gasteiger partial charge in [-0.25, -0.2) is 4.39 Å². The van der Waals surface area contributed by atoms with Gasteiger partial charge in [0.15, 0.2) is 0 Å². The van der Waals surface area contributed by atoms with E-state index in [4.69, 9.17) is 0 Å². The first kappa shape index (κ1) is 17.2. The molecule has 2 aromatic carbocycles. The number of rotatable bonds is 3. The van der Waals surface area contributed by atoms with Crippen LogP contribution in [-0.4, -0.2) is 17.0 Å². The standard InChI is InChI=1S/C22H19FN2O2/c23-19-9-3-1-7-17(19)14-24-15-18(11-12-21(24)26)22(27)25-13-5-8-16-6-2-4-10-20(16)25/h1-4,6-7,9-12,15H,5,8,13-14H2. The first-order chi connectivity index (χ1) is 13.1. The number of fused-ring (bicyclic) bond motifs is 1. The Labute approximate surface area is 156 Å². The minimum absolute atomic E-state index is 0.0865. The van der Waals surface area contributed by atoms with Crippen LogP contribution in [0.15, 0.2) is 71.7 Å². The van der Waals surface area contributed by atoms with E-state index in [1.807, 2.05) is 24.3 Å². The van der Waals surface area contributed by atoms with Gasteiger partial charge < -0.3 is 9.47 Å². The number of anilines is 1. The van der Waals surface area contributed by atoms with Crippen molar-refractivity contribution < 1.29 is 9.18 Å². The van der Waals surface area contributed by atoms with Crippen LogP contribution in [0.1, 0.15) is 27.9 Å². The number of halogens is 1. The zero-order valence-electron chi connectivity index (χ0n) is 14.8. The predicted octanol–water partition coefficient (Wildman–Crippen LogP) is 3.63. The number of amides is 1. The molecule has 0 saturated heterocycles. The van der Waals surface area contributed by atoms with Crippen LogP contribution in [0, 0.1) is 5.82 Å². The van der Waals surface area contributed by atoms with E-state index in [0.717, 1.165) is 24.1 Å². The molecule has 4 nitrogen and oxygen atoms in total. The van der Waals surface area contributed by atoms with Crippen molar-refractivity contribution in [3.8, 4) is 0 Å². The summed E-state index contributed by atoms with van der Waals surface area (Å²) < 4.78 is 15.3. The van der Waals surface area contributed by atoms with Gasteiger partial charge in [0.1, 0.15) is 5.82 Å². The largest absolute Gasteiger partial charge is 0.310 e. The molecule has 1 aliphatic heterocycles. The Kier molecular flexibility index (Phi) is 4.59. The number of hydrogen-bond acceptors (Lipinski definition) is 2. The van der Waals surface area contributed by atoms with E-state index in [1.165, 1.54) is 22.9 Å². The van der Waals surface area contributed by atoms with Crippen molar-refractivity contribution >= 4 is 11.6 Å². The van der Waals surface area contributed by atoms with Gasteiger partial charge in [0.2, 0.25) is 0 Å². The van der Waals surface area contributed by atoms with Crippen LogP contribution in [0.2, 0.25) is 0 Å². The van der Waals surface area contributed by atoms with Gasteiger partial charge in [-0.2, -0.15) is 0 Å². The van der Waals surface area contributed by atoms with Crippen molar-refractivity contribution in [2.45, 2.75) is 19.4 Å². The maximum Gasteiger partial charge on any atom is 0.259 e. The number of aromatic nitrogens is 1. The third-order valence-electron chi connectivity index (χ3n) is 4.88. The molecular weight excluding hydrogens is 343 g/mol. The molecule has 27 heavy (non-hydrogen) atoms. The molecule has 1 aromatic heterocycles. The number of hydrogen-bond donors (Lipinski definition) is 0. The monoisotopic (exact) mass is 362 g/mol. The van der Waals surface area contributed by atoms with Gasteiger partial charge >= 0.3 is 0 Å². The molecule has 0 saturated carbocycles. The summed E-state index contributed by atoms with van der Waals surface area (Å²) in [6, 6.07) is 17.1. The summed E-state index contributed by atoms with van der Waals surface area (Å²) in [5, 5.41) is 0. The molecule has 136 valence electrons. The first-order valence-corrected chi connectivity index (χ1v) is 8.97. The molecule has 0 spiro atoms. The lowest BCUT2D eigenvalue weighted by atomic mass is 10.0. The second-order valence-electron chi connectivity index (χ2n) is 6.66. The number of carbonyl (C=O) groups excluding carboxylic acids is 1. The summed E-state index contributed by atoms with van der Waals surface area (Å²) in [5.74, 6) is -0.518. The molecule has 1 aliphatic rings. The van der Waals surface area contributed by atoms with Crippen molar-refractivity contribution in [2.75, 3.05) is 11.4 Å². The van der Waals surface area contributed by atoms with Crippen molar-refractivity contribution in [3.63, 3.8) is 0 Å². The quantitative estimate of drug-likeness (QED) is 0.714. The van der Waals surface area contributed by atoms with E-state index in [2.05, 4.69) is 0 Å². The van der Waals surface area contributed by atoms with Gasteiger partial charge in [-0.05, 0) is 36.6 Å². The van der Waals surface area contributed by atoms with Crippen LogP contribution in [-0.2, 0) is 13.0 Å². The molecule has 0 aliphatic carbocycles. The molecular formula is C22H19FN2O2. The molecule has 4 rings (SSSR count). The molecule has 0 radical (unpaired) electrons. The molecule has 1 amide bonds. The Balaban J connectivity index is 1.66. The summed E-state index contributed by atoms with van der Waals surface area (Å²) in [7, 11) is 0. The molecule has 3 aromatic rings. The van der Waals surface area contributed by atoms with Gasteiger partial charge in [0.25, 0.3) is 11.5 Å². The summed E-state index contributed by atoms with van der Waals surface area (Å²) in [4.78, 5) is 27.0. The third-order valence-corrected chi connectivity index (χ3v) is 4.88. The second-order valence-corrected chi connectivity index (χ2v) is 6.66. The van der Waals surface area contributed by atoms with Crippen LogP contribution in [0.3, 0.4) is 0 Å². The van der Waals surface area contributed by atoms with Crippen molar-refractivity contribution in [3.05, 3.63) is 99.7 Å². The number of pyridine rings is 1. The summed E-state index contributed by atoms with van der Waals surface area (Å²) in [6.45, 7) is 0.728. The maximum atomic E-state index is 13.9. The molecule has 0 atom stereocenters. The normalized spacial score (nSPS) is 13.3. The lowest BCUT2D eigenvalue weighted by Crippen LogP contribution is -2.36. The smallest absolute Gasteiger partial charge is 0.259 e. The van der Waals surface area contributed by atoms with E-state index < -0.39 is 0 Å². The number of aryl methyl sites for hydroxylation is 1. The summed E-state index contributed by atoms with van der Waals surface area (Å²) >= 11 is 0. The SMILES string of the molecule is O=C(c1ccc(=O)n(Cc2ccccc2F)c1)N1CCCc2ccccc21. The van der Waals surface area contributed by atoms with Crippen LogP contribution in [0.4, 0.5) is 10.1 Å². The Bertz CT molecular complexity index is 1060. The Morgan fingerprint density at radius 2 is 1.78 bits per heavy atom. The average molecular weight is 362 g/mol. The predicted molar refractivity (Wildman–Crippen MR) is 103 cm³/mol. The number of benzene rings is 2.